The average molecular weight is 217 g/mol. The number of amides is 2. The standard InChI is InChI=1S/C12H11NO3/c14-11-9-3-1-2-4-10(9)12(15)13(11)6-5-8-7-16-8/h1-4,8H,5-7H2/t8-/m0/s1. The molecule has 16 heavy (non-hydrogen) atoms. The van der Waals surface area contributed by atoms with Crippen LogP contribution in [0.25, 0.3) is 0 Å². The van der Waals surface area contributed by atoms with E-state index in [2.05, 4.69) is 0 Å². The summed E-state index contributed by atoms with van der Waals surface area (Å²) in [6, 6.07) is 6.95. The topological polar surface area (TPSA) is 49.9 Å². The molecule has 1 aromatic rings. The van der Waals surface area contributed by atoms with Crippen molar-refractivity contribution >= 4 is 11.8 Å². The number of hydrogen-bond acceptors (Lipinski definition) is 3. The molecule has 0 unspecified atom stereocenters. The first-order chi connectivity index (χ1) is 7.77. The van der Waals surface area contributed by atoms with Gasteiger partial charge in [-0.2, -0.15) is 0 Å². The lowest BCUT2D eigenvalue weighted by Crippen LogP contribution is -2.31. The second-order valence-electron chi connectivity index (χ2n) is 4.05. The number of benzene rings is 1. The zero-order valence-corrected chi connectivity index (χ0v) is 8.68. The van der Waals surface area contributed by atoms with Gasteiger partial charge in [0, 0.05) is 6.54 Å². The lowest BCUT2D eigenvalue weighted by molar-refractivity contribution is 0.0650. The fraction of sp³-hybridized carbons (Fsp3) is 0.333. The van der Waals surface area contributed by atoms with Crippen LogP contribution in [-0.4, -0.2) is 36.0 Å². The normalized spacial score (nSPS) is 22.5. The summed E-state index contributed by atoms with van der Waals surface area (Å²) in [4.78, 5) is 25.1. The summed E-state index contributed by atoms with van der Waals surface area (Å²) in [5.41, 5.74) is 1.04. The van der Waals surface area contributed by atoms with E-state index in [4.69, 9.17) is 4.74 Å². The first-order valence-corrected chi connectivity index (χ1v) is 5.34. The van der Waals surface area contributed by atoms with E-state index in [-0.39, 0.29) is 17.9 Å². The number of nitrogens with zero attached hydrogens (tertiary/aromatic N) is 1. The molecule has 0 spiro atoms. The van der Waals surface area contributed by atoms with Crippen molar-refractivity contribution < 1.29 is 14.3 Å². The fourth-order valence-corrected chi connectivity index (χ4v) is 1.95. The van der Waals surface area contributed by atoms with Gasteiger partial charge in [0.15, 0.2) is 0 Å². The minimum absolute atomic E-state index is 0.179. The zero-order valence-electron chi connectivity index (χ0n) is 8.68. The van der Waals surface area contributed by atoms with Gasteiger partial charge in [-0.15, -0.1) is 0 Å². The Kier molecular flexibility index (Phi) is 2.04. The van der Waals surface area contributed by atoms with Crippen LogP contribution in [0.1, 0.15) is 27.1 Å². The van der Waals surface area contributed by atoms with Gasteiger partial charge in [0.25, 0.3) is 11.8 Å². The van der Waals surface area contributed by atoms with Crippen LogP contribution in [0.2, 0.25) is 0 Å². The molecule has 2 aliphatic rings. The van der Waals surface area contributed by atoms with Gasteiger partial charge in [-0.25, -0.2) is 0 Å². The second kappa shape index (κ2) is 3.42. The third-order valence-corrected chi connectivity index (χ3v) is 2.96. The Morgan fingerprint density at radius 2 is 1.75 bits per heavy atom. The lowest BCUT2D eigenvalue weighted by atomic mass is 10.1. The van der Waals surface area contributed by atoms with Crippen molar-refractivity contribution in [1.29, 1.82) is 0 Å². The highest BCUT2D eigenvalue weighted by atomic mass is 16.6. The van der Waals surface area contributed by atoms with E-state index in [0.717, 1.165) is 13.0 Å². The SMILES string of the molecule is O=C1c2ccccc2C(=O)N1CC[C@H]1CO1. The molecule has 2 amide bonds. The van der Waals surface area contributed by atoms with Gasteiger partial charge in [-0.05, 0) is 18.6 Å². The van der Waals surface area contributed by atoms with Crippen molar-refractivity contribution in [2.75, 3.05) is 13.2 Å². The zero-order chi connectivity index (χ0) is 11.1. The molecular formula is C12H11NO3. The molecule has 1 saturated heterocycles. The molecule has 82 valence electrons. The van der Waals surface area contributed by atoms with E-state index in [1.807, 2.05) is 0 Å². The van der Waals surface area contributed by atoms with Crippen LogP contribution in [0, 0.1) is 0 Å². The van der Waals surface area contributed by atoms with Crippen molar-refractivity contribution in [3.63, 3.8) is 0 Å². The maximum Gasteiger partial charge on any atom is 0.261 e. The number of imide groups is 1. The van der Waals surface area contributed by atoms with E-state index < -0.39 is 0 Å². The molecule has 2 aliphatic heterocycles. The number of fused-ring (bicyclic) bond motifs is 1. The van der Waals surface area contributed by atoms with Gasteiger partial charge >= 0.3 is 0 Å². The maximum atomic E-state index is 11.9. The molecule has 1 atom stereocenters. The summed E-state index contributed by atoms with van der Waals surface area (Å²) >= 11 is 0. The van der Waals surface area contributed by atoms with Crippen LogP contribution in [0.3, 0.4) is 0 Å². The Morgan fingerprint density at radius 1 is 1.19 bits per heavy atom. The highest BCUT2D eigenvalue weighted by Crippen LogP contribution is 2.24. The predicted molar refractivity (Wildman–Crippen MR) is 56.2 cm³/mol. The molecule has 0 aromatic heterocycles. The molecule has 0 radical (unpaired) electrons. The first-order valence-electron chi connectivity index (χ1n) is 5.34. The summed E-state index contributed by atoms with van der Waals surface area (Å²) in [7, 11) is 0. The summed E-state index contributed by atoms with van der Waals surface area (Å²) in [5.74, 6) is -0.359. The van der Waals surface area contributed by atoms with Crippen LogP contribution >= 0.6 is 0 Å². The molecule has 3 rings (SSSR count). The van der Waals surface area contributed by atoms with Gasteiger partial charge in [0.1, 0.15) is 0 Å². The Balaban J connectivity index is 1.82. The maximum absolute atomic E-state index is 11.9. The van der Waals surface area contributed by atoms with Crippen molar-refractivity contribution in [2.45, 2.75) is 12.5 Å². The number of epoxide rings is 1. The van der Waals surface area contributed by atoms with Gasteiger partial charge in [-0.1, -0.05) is 12.1 Å². The third kappa shape index (κ3) is 1.42. The van der Waals surface area contributed by atoms with E-state index in [1.165, 1.54) is 4.90 Å². The highest BCUT2D eigenvalue weighted by molar-refractivity contribution is 6.21. The van der Waals surface area contributed by atoms with E-state index in [1.54, 1.807) is 24.3 Å². The molecule has 0 saturated carbocycles. The van der Waals surface area contributed by atoms with Crippen LogP contribution in [0.15, 0.2) is 24.3 Å². The molecule has 1 fully saturated rings. The lowest BCUT2D eigenvalue weighted by Gasteiger charge is -2.12. The molecule has 0 aliphatic carbocycles. The van der Waals surface area contributed by atoms with Crippen LogP contribution < -0.4 is 0 Å². The highest BCUT2D eigenvalue weighted by Gasteiger charge is 2.36. The molecule has 0 bridgehead atoms. The minimum atomic E-state index is -0.179. The average Bonchev–Trinajstić information content (AvgIpc) is 3.09. The smallest absolute Gasteiger partial charge is 0.261 e. The van der Waals surface area contributed by atoms with Crippen LogP contribution in [0.4, 0.5) is 0 Å². The van der Waals surface area contributed by atoms with Gasteiger partial charge < -0.3 is 4.74 Å². The summed E-state index contributed by atoms with van der Waals surface area (Å²) in [5, 5.41) is 0. The van der Waals surface area contributed by atoms with E-state index in [9.17, 15) is 9.59 Å². The molecule has 1 aromatic carbocycles. The van der Waals surface area contributed by atoms with Gasteiger partial charge in [0.05, 0.1) is 23.8 Å². The largest absolute Gasteiger partial charge is 0.373 e. The second-order valence-corrected chi connectivity index (χ2v) is 4.05. The summed E-state index contributed by atoms with van der Waals surface area (Å²) in [6.45, 7) is 1.21. The van der Waals surface area contributed by atoms with Gasteiger partial charge in [0.2, 0.25) is 0 Å². The minimum Gasteiger partial charge on any atom is -0.373 e. The number of hydrogen-bond donors (Lipinski definition) is 0. The Hall–Kier alpha value is -1.68. The summed E-state index contributed by atoms with van der Waals surface area (Å²) in [6.07, 6.45) is 0.982. The third-order valence-electron chi connectivity index (χ3n) is 2.96. The molecule has 4 heteroatoms. The molecule has 0 N–H and O–H groups in total. The Labute approximate surface area is 92.8 Å². The fourth-order valence-electron chi connectivity index (χ4n) is 1.95. The van der Waals surface area contributed by atoms with Crippen molar-refractivity contribution in [1.82, 2.24) is 4.90 Å². The molecule has 4 nitrogen and oxygen atoms in total. The Bertz CT molecular complexity index is 430. The molecular weight excluding hydrogens is 206 g/mol. The number of rotatable bonds is 3. The number of ether oxygens (including phenoxy) is 1. The first kappa shape index (κ1) is 9.54. The quantitative estimate of drug-likeness (QED) is 0.562. The van der Waals surface area contributed by atoms with Gasteiger partial charge in [-0.3, -0.25) is 14.5 Å². The van der Waals surface area contributed by atoms with Crippen molar-refractivity contribution in [3.05, 3.63) is 35.4 Å². The predicted octanol–water partition coefficient (Wildman–Crippen LogP) is 1.07. The summed E-state index contributed by atoms with van der Waals surface area (Å²) < 4.78 is 5.07. The number of carbonyl (C=O) groups is 2. The van der Waals surface area contributed by atoms with Crippen molar-refractivity contribution in [2.24, 2.45) is 0 Å². The van der Waals surface area contributed by atoms with E-state index in [0.29, 0.717) is 17.7 Å². The number of carbonyl (C=O) groups excluding carboxylic acids is 2. The van der Waals surface area contributed by atoms with Crippen LogP contribution in [0.5, 0.6) is 0 Å². The monoisotopic (exact) mass is 217 g/mol. The molecule has 2 heterocycles. The Morgan fingerprint density at radius 3 is 2.25 bits per heavy atom. The van der Waals surface area contributed by atoms with Crippen molar-refractivity contribution in [3.8, 4) is 0 Å². The van der Waals surface area contributed by atoms with Crippen LogP contribution in [-0.2, 0) is 4.74 Å². The van der Waals surface area contributed by atoms with E-state index >= 15 is 0 Å².